The van der Waals surface area contributed by atoms with Crippen molar-refractivity contribution in [2.75, 3.05) is 17.4 Å². The fourth-order valence-electron chi connectivity index (χ4n) is 3.14. The molecule has 0 spiro atoms. The number of nitrogen functional groups attached to an aromatic ring is 1. The first kappa shape index (κ1) is 16.0. The summed E-state index contributed by atoms with van der Waals surface area (Å²) in [5, 5.41) is 0. The van der Waals surface area contributed by atoms with Gasteiger partial charge >= 0.3 is 0 Å². The summed E-state index contributed by atoms with van der Waals surface area (Å²) in [6.07, 6.45) is 5.80. The molecule has 2 rings (SSSR count). The molecule has 0 amide bonds. The minimum Gasteiger partial charge on any atom is -0.356 e. The second-order valence-corrected chi connectivity index (χ2v) is 6.94. The summed E-state index contributed by atoms with van der Waals surface area (Å²) in [6, 6.07) is 0.557. The van der Waals surface area contributed by atoms with E-state index in [4.69, 9.17) is 10.8 Å². The molecular weight excluding hydrogens is 262 g/mol. The normalized spacial score (nSPS) is 18.6. The van der Waals surface area contributed by atoms with Gasteiger partial charge in [0.2, 0.25) is 0 Å². The Morgan fingerprint density at radius 3 is 2.43 bits per heavy atom. The molecule has 0 atom stereocenters. The van der Waals surface area contributed by atoms with E-state index in [0.717, 1.165) is 29.4 Å². The molecule has 5 nitrogen and oxygen atoms in total. The topological polar surface area (TPSA) is 67.1 Å². The Morgan fingerprint density at radius 2 is 1.90 bits per heavy atom. The van der Waals surface area contributed by atoms with Gasteiger partial charge in [-0.2, -0.15) is 0 Å². The fraction of sp³-hybridized carbons (Fsp3) is 0.750. The number of hydrogen-bond donors (Lipinski definition) is 2. The van der Waals surface area contributed by atoms with Gasteiger partial charge in [-0.15, -0.1) is 0 Å². The zero-order chi connectivity index (χ0) is 15.6. The number of hydrogen-bond acceptors (Lipinski definition) is 5. The van der Waals surface area contributed by atoms with Gasteiger partial charge in [0.1, 0.15) is 17.5 Å². The largest absolute Gasteiger partial charge is 0.356 e. The molecule has 1 saturated carbocycles. The predicted octanol–water partition coefficient (Wildman–Crippen LogP) is 3.04. The molecule has 3 N–H and O–H groups in total. The monoisotopic (exact) mass is 291 g/mol. The number of nitrogens with two attached hydrogens (primary N) is 1. The summed E-state index contributed by atoms with van der Waals surface area (Å²) in [6.45, 7) is 8.83. The molecule has 0 radical (unpaired) electrons. The summed E-state index contributed by atoms with van der Waals surface area (Å²) < 4.78 is 0. The molecule has 1 aliphatic carbocycles. The van der Waals surface area contributed by atoms with Crippen LogP contribution in [0.5, 0.6) is 0 Å². The highest BCUT2D eigenvalue weighted by atomic mass is 15.3. The first-order valence-electron chi connectivity index (χ1n) is 7.95. The van der Waals surface area contributed by atoms with Gasteiger partial charge in [0.15, 0.2) is 0 Å². The average molecular weight is 291 g/mol. The van der Waals surface area contributed by atoms with Gasteiger partial charge in [-0.3, -0.25) is 0 Å². The molecule has 1 aliphatic rings. The van der Waals surface area contributed by atoms with Gasteiger partial charge in [-0.1, -0.05) is 20.8 Å². The van der Waals surface area contributed by atoms with E-state index in [9.17, 15) is 0 Å². The van der Waals surface area contributed by atoms with Crippen molar-refractivity contribution in [2.24, 2.45) is 11.3 Å². The molecule has 1 heterocycles. The lowest BCUT2D eigenvalue weighted by Crippen LogP contribution is -2.38. The summed E-state index contributed by atoms with van der Waals surface area (Å²) in [5.41, 5.74) is 4.22. The van der Waals surface area contributed by atoms with E-state index in [1.807, 2.05) is 6.92 Å². The first-order valence-corrected chi connectivity index (χ1v) is 7.95. The minimum atomic E-state index is 0.483. The second-order valence-electron chi connectivity index (χ2n) is 6.94. The van der Waals surface area contributed by atoms with E-state index in [-0.39, 0.29) is 0 Å². The van der Waals surface area contributed by atoms with Gasteiger partial charge in [-0.05, 0) is 38.0 Å². The standard InChI is InChI=1S/C16H29N5/c1-6-13-18-14(20-17)11(2)15(19-13)21(5)12-7-9-16(3,4)10-8-12/h12H,6-10,17H2,1-5H3,(H,18,19,20). The van der Waals surface area contributed by atoms with Gasteiger partial charge < -0.3 is 10.3 Å². The van der Waals surface area contributed by atoms with E-state index in [1.165, 1.54) is 25.7 Å². The molecule has 0 aliphatic heterocycles. The van der Waals surface area contributed by atoms with Crippen LogP contribution in [0, 0.1) is 12.3 Å². The second kappa shape index (κ2) is 6.18. The molecule has 1 aromatic heterocycles. The van der Waals surface area contributed by atoms with Crippen molar-refractivity contribution < 1.29 is 0 Å². The summed E-state index contributed by atoms with van der Waals surface area (Å²) in [7, 11) is 2.15. The summed E-state index contributed by atoms with van der Waals surface area (Å²) in [5.74, 6) is 8.19. The molecule has 21 heavy (non-hydrogen) atoms. The molecule has 0 aromatic carbocycles. The van der Waals surface area contributed by atoms with Crippen LogP contribution in [-0.4, -0.2) is 23.1 Å². The Labute approximate surface area is 128 Å². The van der Waals surface area contributed by atoms with E-state index in [0.29, 0.717) is 11.5 Å². The molecule has 5 heteroatoms. The van der Waals surface area contributed by atoms with E-state index >= 15 is 0 Å². The van der Waals surface area contributed by atoms with E-state index in [2.05, 4.69) is 43.1 Å². The third-order valence-corrected chi connectivity index (χ3v) is 4.81. The maximum absolute atomic E-state index is 5.60. The summed E-state index contributed by atoms with van der Waals surface area (Å²) in [4.78, 5) is 11.5. The maximum atomic E-state index is 5.60. The Kier molecular flexibility index (Phi) is 4.71. The Bertz CT molecular complexity index is 488. The number of aromatic nitrogens is 2. The molecule has 118 valence electrons. The lowest BCUT2D eigenvalue weighted by molar-refractivity contribution is 0.222. The third-order valence-electron chi connectivity index (χ3n) is 4.81. The van der Waals surface area contributed by atoms with Crippen molar-refractivity contribution in [3.63, 3.8) is 0 Å². The van der Waals surface area contributed by atoms with Crippen LogP contribution in [0.4, 0.5) is 11.6 Å². The lowest BCUT2D eigenvalue weighted by atomic mass is 9.75. The van der Waals surface area contributed by atoms with Crippen LogP contribution < -0.4 is 16.2 Å². The smallest absolute Gasteiger partial charge is 0.148 e. The van der Waals surface area contributed by atoms with Crippen LogP contribution in [0.15, 0.2) is 0 Å². The first-order chi connectivity index (χ1) is 9.88. The quantitative estimate of drug-likeness (QED) is 0.659. The zero-order valence-electron chi connectivity index (χ0n) is 14.0. The minimum absolute atomic E-state index is 0.483. The van der Waals surface area contributed by atoms with Gasteiger partial charge in [0.05, 0.1) is 0 Å². The van der Waals surface area contributed by atoms with Gasteiger partial charge in [0.25, 0.3) is 0 Å². The van der Waals surface area contributed by atoms with Crippen LogP contribution in [0.25, 0.3) is 0 Å². The van der Waals surface area contributed by atoms with Gasteiger partial charge in [-0.25, -0.2) is 15.8 Å². The number of aryl methyl sites for hydroxylation is 1. The van der Waals surface area contributed by atoms with Crippen LogP contribution in [-0.2, 0) is 6.42 Å². The molecule has 1 aromatic rings. The molecule has 0 unspecified atom stereocenters. The number of nitrogens with one attached hydrogen (secondary N) is 1. The Hall–Kier alpha value is -1.36. The maximum Gasteiger partial charge on any atom is 0.148 e. The highest BCUT2D eigenvalue weighted by Gasteiger charge is 2.30. The van der Waals surface area contributed by atoms with Crippen molar-refractivity contribution in [1.29, 1.82) is 0 Å². The number of rotatable bonds is 4. The van der Waals surface area contributed by atoms with Gasteiger partial charge in [0, 0.05) is 25.1 Å². The Balaban J connectivity index is 2.24. The highest BCUT2D eigenvalue weighted by molar-refractivity contribution is 5.58. The summed E-state index contributed by atoms with van der Waals surface area (Å²) >= 11 is 0. The van der Waals surface area contributed by atoms with Crippen molar-refractivity contribution in [3.05, 3.63) is 11.4 Å². The van der Waals surface area contributed by atoms with Crippen molar-refractivity contribution in [2.45, 2.75) is 65.8 Å². The molecular formula is C16H29N5. The number of anilines is 2. The lowest BCUT2D eigenvalue weighted by Gasteiger charge is -2.39. The average Bonchev–Trinajstić information content (AvgIpc) is 2.47. The van der Waals surface area contributed by atoms with Crippen LogP contribution in [0.1, 0.15) is 57.8 Å². The highest BCUT2D eigenvalue weighted by Crippen LogP contribution is 2.38. The van der Waals surface area contributed by atoms with E-state index in [1.54, 1.807) is 0 Å². The van der Waals surface area contributed by atoms with Crippen molar-refractivity contribution >= 4 is 11.6 Å². The number of nitrogens with zero attached hydrogens (tertiary/aromatic N) is 3. The number of hydrazine groups is 1. The molecule has 0 saturated heterocycles. The van der Waals surface area contributed by atoms with Crippen LogP contribution in [0.3, 0.4) is 0 Å². The zero-order valence-corrected chi connectivity index (χ0v) is 14.0. The van der Waals surface area contributed by atoms with Crippen molar-refractivity contribution in [1.82, 2.24) is 9.97 Å². The molecule has 1 fully saturated rings. The van der Waals surface area contributed by atoms with E-state index < -0.39 is 0 Å². The fourth-order valence-corrected chi connectivity index (χ4v) is 3.14. The molecule has 0 bridgehead atoms. The van der Waals surface area contributed by atoms with Crippen LogP contribution in [0.2, 0.25) is 0 Å². The Morgan fingerprint density at radius 1 is 1.29 bits per heavy atom. The van der Waals surface area contributed by atoms with Crippen molar-refractivity contribution in [3.8, 4) is 0 Å². The van der Waals surface area contributed by atoms with Crippen LogP contribution >= 0.6 is 0 Å². The SMILES string of the molecule is CCc1nc(NN)c(C)c(N(C)C2CCC(C)(C)CC2)n1. The predicted molar refractivity (Wildman–Crippen MR) is 88.4 cm³/mol. The third kappa shape index (κ3) is 3.46.